The maximum atomic E-state index is 12.5. The van der Waals surface area contributed by atoms with Gasteiger partial charge in [0.05, 0.1) is 26.7 Å². The third-order valence-electron chi connectivity index (χ3n) is 5.11. The van der Waals surface area contributed by atoms with Crippen molar-refractivity contribution in [3.8, 4) is 11.5 Å². The number of carbonyl (C=O) groups excluding carboxylic acids is 4. The summed E-state index contributed by atoms with van der Waals surface area (Å²) in [6.45, 7) is 1.31. The minimum absolute atomic E-state index is 0.0594. The van der Waals surface area contributed by atoms with E-state index in [2.05, 4.69) is 10.7 Å². The number of nitrogens with one attached hydrogen (secondary N) is 2. The minimum atomic E-state index is -0.797. The maximum Gasteiger partial charge on any atom is 0.311 e. The normalized spacial score (nSPS) is 15.1. The molecule has 1 fully saturated rings. The smallest absolute Gasteiger partial charge is 0.311 e. The van der Waals surface area contributed by atoms with E-state index >= 15 is 0 Å². The zero-order chi connectivity index (χ0) is 24.0. The predicted molar refractivity (Wildman–Crippen MR) is 118 cm³/mol. The van der Waals surface area contributed by atoms with Crippen molar-refractivity contribution in [2.24, 2.45) is 5.92 Å². The monoisotopic (exact) mass is 455 g/mol. The van der Waals surface area contributed by atoms with Gasteiger partial charge in [-0.3, -0.25) is 29.6 Å². The highest BCUT2D eigenvalue weighted by atomic mass is 16.5. The van der Waals surface area contributed by atoms with Crippen LogP contribution in [0, 0.1) is 12.8 Å². The Balaban J connectivity index is 1.52. The van der Waals surface area contributed by atoms with Crippen LogP contribution in [0.5, 0.6) is 11.5 Å². The molecule has 0 unspecified atom stereocenters. The molecule has 2 aromatic rings. The van der Waals surface area contributed by atoms with Crippen LogP contribution in [0.1, 0.15) is 22.3 Å². The van der Waals surface area contributed by atoms with Crippen molar-refractivity contribution in [1.82, 2.24) is 10.4 Å². The van der Waals surface area contributed by atoms with Gasteiger partial charge in [-0.15, -0.1) is 0 Å². The molecule has 1 saturated heterocycles. The summed E-state index contributed by atoms with van der Waals surface area (Å²) in [6.07, 6.45) is -0.134. The van der Waals surface area contributed by atoms with Gasteiger partial charge in [-0.2, -0.15) is 0 Å². The molecule has 1 atom stereocenters. The van der Waals surface area contributed by atoms with Crippen molar-refractivity contribution in [3.63, 3.8) is 0 Å². The zero-order valence-corrected chi connectivity index (χ0v) is 18.5. The molecule has 3 rings (SSSR count). The molecule has 0 aliphatic carbocycles. The first kappa shape index (κ1) is 23.6. The Morgan fingerprint density at radius 1 is 1.06 bits per heavy atom. The summed E-state index contributed by atoms with van der Waals surface area (Å²) in [4.78, 5) is 49.2. The molecule has 0 spiro atoms. The van der Waals surface area contributed by atoms with E-state index in [1.165, 1.54) is 26.4 Å². The van der Waals surface area contributed by atoms with Crippen LogP contribution in [0.3, 0.4) is 0 Å². The fraction of sp³-hybridized carbons (Fsp3) is 0.304. The van der Waals surface area contributed by atoms with Crippen molar-refractivity contribution >= 4 is 29.4 Å². The molecule has 3 amide bonds. The number of hydrogen-bond acceptors (Lipinski definition) is 7. The second kappa shape index (κ2) is 10.5. The van der Waals surface area contributed by atoms with Gasteiger partial charge in [-0.05, 0) is 36.8 Å². The average molecular weight is 455 g/mol. The Morgan fingerprint density at radius 3 is 2.48 bits per heavy atom. The van der Waals surface area contributed by atoms with E-state index in [-0.39, 0.29) is 18.5 Å². The van der Waals surface area contributed by atoms with E-state index < -0.39 is 36.2 Å². The van der Waals surface area contributed by atoms with Gasteiger partial charge in [0.2, 0.25) is 5.91 Å². The Labute approximate surface area is 190 Å². The number of nitrogens with zero attached hydrogens (tertiary/aromatic N) is 1. The summed E-state index contributed by atoms with van der Waals surface area (Å²) in [5.41, 5.74) is 4.23. The summed E-state index contributed by atoms with van der Waals surface area (Å²) in [7, 11) is 2.92. The Hall–Kier alpha value is -4.08. The Bertz CT molecular complexity index is 1070. The number of rotatable bonds is 8. The van der Waals surface area contributed by atoms with E-state index in [1.54, 1.807) is 18.2 Å². The van der Waals surface area contributed by atoms with Gasteiger partial charge in [-0.1, -0.05) is 18.2 Å². The highest BCUT2D eigenvalue weighted by Gasteiger charge is 2.36. The molecule has 1 aliphatic rings. The molecule has 2 N–H and O–H groups in total. The summed E-state index contributed by atoms with van der Waals surface area (Å²) in [5, 5.41) is 3.73. The molecular weight excluding hydrogens is 430 g/mol. The number of para-hydroxylation sites is 1. The fourth-order valence-electron chi connectivity index (χ4n) is 3.29. The fourth-order valence-corrected chi connectivity index (χ4v) is 3.29. The lowest BCUT2D eigenvalue weighted by molar-refractivity contribution is -0.151. The third kappa shape index (κ3) is 5.79. The standard InChI is InChI=1S/C23H25N3O7/c1-14-6-4-5-7-17(14)24-20(27)13-33-23(30)16-11-21(28)26(12-16)25-22(29)15-8-9-18(31-2)19(10-15)32-3/h4-10,16H,11-13H2,1-3H3,(H,24,27)(H,25,29)/t16-/m0/s1. The number of benzene rings is 2. The van der Waals surface area contributed by atoms with Crippen LogP contribution in [-0.2, 0) is 19.1 Å². The molecule has 1 aliphatic heterocycles. The van der Waals surface area contributed by atoms with E-state index in [0.29, 0.717) is 17.2 Å². The zero-order valence-electron chi connectivity index (χ0n) is 18.5. The summed E-state index contributed by atoms with van der Waals surface area (Å²) < 4.78 is 15.4. The van der Waals surface area contributed by atoms with E-state index in [4.69, 9.17) is 14.2 Å². The van der Waals surface area contributed by atoms with Gasteiger partial charge in [0.25, 0.3) is 11.8 Å². The lowest BCUT2D eigenvalue weighted by atomic mass is 10.1. The summed E-state index contributed by atoms with van der Waals surface area (Å²) in [6, 6.07) is 11.8. The van der Waals surface area contributed by atoms with Crippen molar-refractivity contribution < 1.29 is 33.4 Å². The van der Waals surface area contributed by atoms with Crippen LogP contribution in [0.25, 0.3) is 0 Å². The summed E-state index contributed by atoms with van der Waals surface area (Å²) >= 11 is 0. The SMILES string of the molecule is COc1ccc(C(=O)NN2C[C@@H](C(=O)OCC(=O)Nc3ccccc3C)CC2=O)cc1OC. The third-order valence-corrected chi connectivity index (χ3v) is 5.11. The van der Waals surface area contributed by atoms with Crippen LogP contribution < -0.4 is 20.2 Å². The highest BCUT2D eigenvalue weighted by Crippen LogP contribution is 2.27. The van der Waals surface area contributed by atoms with Gasteiger partial charge in [0.1, 0.15) is 0 Å². The van der Waals surface area contributed by atoms with Gasteiger partial charge >= 0.3 is 5.97 Å². The maximum absolute atomic E-state index is 12.5. The number of methoxy groups -OCH3 is 2. The van der Waals surface area contributed by atoms with E-state index in [0.717, 1.165) is 10.6 Å². The number of carbonyl (C=O) groups is 4. The minimum Gasteiger partial charge on any atom is -0.493 e. The van der Waals surface area contributed by atoms with Gasteiger partial charge < -0.3 is 19.5 Å². The van der Waals surface area contributed by atoms with Crippen molar-refractivity contribution in [2.75, 3.05) is 32.7 Å². The molecular formula is C23H25N3O7. The summed E-state index contributed by atoms with van der Waals surface area (Å²) in [5.74, 6) is -2.13. The van der Waals surface area contributed by atoms with Gasteiger partial charge in [0.15, 0.2) is 18.1 Å². The number of anilines is 1. The van der Waals surface area contributed by atoms with Crippen LogP contribution in [0.2, 0.25) is 0 Å². The Morgan fingerprint density at radius 2 is 1.79 bits per heavy atom. The Kier molecular flexibility index (Phi) is 7.50. The first-order chi connectivity index (χ1) is 15.8. The molecule has 174 valence electrons. The molecule has 2 aromatic carbocycles. The number of hydrogen-bond donors (Lipinski definition) is 2. The quantitative estimate of drug-likeness (QED) is 0.581. The molecule has 10 nitrogen and oxygen atoms in total. The number of hydrazine groups is 1. The number of ether oxygens (including phenoxy) is 3. The largest absolute Gasteiger partial charge is 0.493 e. The first-order valence-corrected chi connectivity index (χ1v) is 10.2. The average Bonchev–Trinajstić information content (AvgIpc) is 3.18. The predicted octanol–water partition coefficient (Wildman–Crippen LogP) is 1.69. The van der Waals surface area contributed by atoms with Crippen LogP contribution in [0.4, 0.5) is 5.69 Å². The molecule has 10 heteroatoms. The van der Waals surface area contributed by atoms with Gasteiger partial charge in [-0.25, -0.2) is 0 Å². The van der Waals surface area contributed by atoms with Crippen molar-refractivity contribution in [1.29, 1.82) is 0 Å². The van der Waals surface area contributed by atoms with E-state index in [1.807, 2.05) is 19.1 Å². The first-order valence-electron chi connectivity index (χ1n) is 10.2. The highest BCUT2D eigenvalue weighted by molar-refractivity contribution is 5.97. The van der Waals surface area contributed by atoms with Crippen molar-refractivity contribution in [2.45, 2.75) is 13.3 Å². The lowest BCUT2D eigenvalue weighted by Crippen LogP contribution is -2.43. The molecule has 0 saturated carbocycles. The lowest BCUT2D eigenvalue weighted by Gasteiger charge is -2.18. The molecule has 0 bridgehead atoms. The van der Waals surface area contributed by atoms with Crippen LogP contribution >= 0.6 is 0 Å². The molecule has 33 heavy (non-hydrogen) atoms. The number of esters is 1. The van der Waals surface area contributed by atoms with Crippen LogP contribution in [0.15, 0.2) is 42.5 Å². The van der Waals surface area contributed by atoms with Crippen molar-refractivity contribution in [3.05, 3.63) is 53.6 Å². The molecule has 0 aromatic heterocycles. The molecule has 1 heterocycles. The second-order valence-corrected chi connectivity index (χ2v) is 7.39. The number of aryl methyl sites for hydroxylation is 1. The topological polar surface area (TPSA) is 123 Å². The second-order valence-electron chi connectivity index (χ2n) is 7.39. The van der Waals surface area contributed by atoms with E-state index in [9.17, 15) is 19.2 Å². The van der Waals surface area contributed by atoms with Gasteiger partial charge in [0, 0.05) is 17.7 Å². The number of amides is 3. The molecule has 0 radical (unpaired) electrons. The van der Waals surface area contributed by atoms with Crippen LogP contribution in [-0.4, -0.2) is 56.1 Å².